The number of carbonyl (C=O) groups excluding carboxylic acids is 2. The van der Waals surface area contributed by atoms with Crippen LogP contribution in [0.4, 0.5) is 5.69 Å². The lowest BCUT2D eigenvalue weighted by atomic mass is 9.97. The van der Waals surface area contributed by atoms with Crippen LogP contribution in [0.3, 0.4) is 0 Å². The minimum Gasteiger partial charge on any atom is -0.481 e. The summed E-state index contributed by atoms with van der Waals surface area (Å²) >= 11 is 0. The molecule has 0 saturated carbocycles. The minimum atomic E-state index is -0.850. The van der Waals surface area contributed by atoms with Gasteiger partial charge >= 0.3 is 5.97 Å². The number of carboxylic acid groups (broad SMARTS) is 1. The Hall–Kier alpha value is -2.37. The molecule has 25 heavy (non-hydrogen) atoms. The molecule has 1 atom stereocenters. The third kappa shape index (κ3) is 4.81. The smallest absolute Gasteiger partial charge is 0.308 e. The summed E-state index contributed by atoms with van der Waals surface area (Å²) in [5.41, 5.74) is 1.17. The fourth-order valence-electron chi connectivity index (χ4n) is 3.15. The summed E-state index contributed by atoms with van der Waals surface area (Å²) < 4.78 is 0. The minimum absolute atomic E-state index is 0.00981. The summed E-state index contributed by atoms with van der Waals surface area (Å²) in [4.78, 5) is 37.4. The van der Waals surface area contributed by atoms with E-state index in [9.17, 15) is 14.4 Å². The lowest BCUT2D eigenvalue weighted by molar-refractivity contribution is -0.143. The van der Waals surface area contributed by atoms with Crippen LogP contribution < -0.4 is 5.32 Å². The molecular weight excluding hydrogens is 320 g/mol. The number of nitrogens with one attached hydrogen (secondary N) is 1. The van der Waals surface area contributed by atoms with E-state index in [1.54, 1.807) is 29.2 Å². The molecule has 0 spiro atoms. The second-order valence-electron chi connectivity index (χ2n) is 6.51. The third-order valence-electron chi connectivity index (χ3n) is 4.81. The van der Waals surface area contributed by atoms with Gasteiger partial charge in [0.2, 0.25) is 5.91 Å². The highest BCUT2D eigenvalue weighted by Gasteiger charge is 2.28. The van der Waals surface area contributed by atoms with Crippen molar-refractivity contribution < 1.29 is 19.5 Å². The molecule has 0 bridgehead atoms. The van der Waals surface area contributed by atoms with Crippen LogP contribution in [-0.4, -0.2) is 40.9 Å². The molecule has 1 aromatic rings. The first-order chi connectivity index (χ1) is 12.0. The summed E-state index contributed by atoms with van der Waals surface area (Å²) in [6, 6.07) is 6.78. The van der Waals surface area contributed by atoms with Crippen LogP contribution in [0.5, 0.6) is 0 Å². The van der Waals surface area contributed by atoms with Crippen LogP contribution >= 0.6 is 0 Å². The van der Waals surface area contributed by atoms with Gasteiger partial charge in [0.1, 0.15) is 0 Å². The number of likely N-dealkylation sites (tertiary alicyclic amines) is 1. The zero-order chi connectivity index (χ0) is 18.4. The van der Waals surface area contributed by atoms with Crippen molar-refractivity contribution >= 4 is 23.5 Å². The Balaban J connectivity index is 2.00. The van der Waals surface area contributed by atoms with Gasteiger partial charge in [0.25, 0.3) is 5.91 Å². The van der Waals surface area contributed by atoms with E-state index in [1.165, 1.54) is 0 Å². The van der Waals surface area contributed by atoms with E-state index in [4.69, 9.17) is 5.11 Å². The van der Waals surface area contributed by atoms with Crippen molar-refractivity contribution in [2.45, 2.75) is 39.5 Å². The fourth-order valence-corrected chi connectivity index (χ4v) is 3.15. The van der Waals surface area contributed by atoms with E-state index >= 15 is 0 Å². The van der Waals surface area contributed by atoms with E-state index < -0.39 is 11.9 Å². The highest BCUT2D eigenvalue weighted by molar-refractivity contribution is 5.96. The average Bonchev–Trinajstić information content (AvgIpc) is 2.63. The number of hydrogen-bond donors (Lipinski definition) is 2. The second kappa shape index (κ2) is 8.65. The Kier molecular flexibility index (Phi) is 6.56. The molecule has 1 saturated heterocycles. The van der Waals surface area contributed by atoms with Gasteiger partial charge in [-0.25, -0.2) is 0 Å². The molecule has 2 rings (SSSR count). The topological polar surface area (TPSA) is 86.7 Å². The maximum absolute atomic E-state index is 12.5. The molecule has 6 nitrogen and oxygen atoms in total. The predicted octanol–water partition coefficient (Wildman–Crippen LogP) is 3.00. The normalized spacial score (nSPS) is 17.4. The van der Waals surface area contributed by atoms with Crippen LogP contribution in [0.2, 0.25) is 0 Å². The fraction of sp³-hybridized carbons (Fsp3) is 0.526. The van der Waals surface area contributed by atoms with Gasteiger partial charge < -0.3 is 15.3 Å². The average molecular weight is 346 g/mol. The van der Waals surface area contributed by atoms with Crippen molar-refractivity contribution in [2.75, 3.05) is 18.4 Å². The number of nitrogens with zero attached hydrogens (tertiary/aromatic N) is 1. The first-order valence-corrected chi connectivity index (χ1v) is 8.89. The quantitative estimate of drug-likeness (QED) is 0.829. The van der Waals surface area contributed by atoms with Gasteiger partial charge in [-0.1, -0.05) is 13.8 Å². The summed E-state index contributed by atoms with van der Waals surface area (Å²) in [5.74, 6) is -1.52. The Morgan fingerprint density at radius 1 is 1.20 bits per heavy atom. The standard InChI is InChI=1S/C19H26N2O4/c1-3-13(4-2)17(22)20-16-9-7-14(8-10-16)18(23)21-11-5-6-15(12-21)19(24)25/h7-10,13,15H,3-6,11-12H2,1-2H3,(H,20,22)(H,24,25)/t15-/m0/s1. The van der Waals surface area contributed by atoms with Crippen LogP contribution in [0.25, 0.3) is 0 Å². The molecule has 0 aliphatic carbocycles. The highest BCUT2D eigenvalue weighted by atomic mass is 16.4. The molecule has 1 aromatic carbocycles. The van der Waals surface area contributed by atoms with Crippen LogP contribution in [-0.2, 0) is 9.59 Å². The van der Waals surface area contributed by atoms with E-state index in [-0.39, 0.29) is 24.3 Å². The third-order valence-corrected chi connectivity index (χ3v) is 4.81. The van der Waals surface area contributed by atoms with E-state index in [0.29, 0.717) is 30.6 Å². The molecule has 0 aromatic heterocycles. The van der Waals surface area contributed by atoms with Crippen LogP contribution in [0.15, 0.2) is 24.3 Å². The molecule has 0 unspecified atom stereocenters. The van der Waals surface area contributed by atoms with Crippen molar-refractivity contribution in [3.8, 4) is 0 Å². The molecule has 1 heterocycles. The van der Waals surface area contributed by atoms with Crippen molar-refractivity contribution in [3.05, 3.63) is 29.8 Å². The van der Waals surface area contributed by atoms with Crippen molar-refractivity contribution in [2.24, 2.45) is 11.8 Å². The summed E-state index contributed by atoms with van der Waals surface area (Å²) in [5, 5.41) is 12.0. The number of carbonyl (C=O) groups is 3. The molecule has 2 amide bonds. The number of benzene rings is 1. The Morgan fingerprint density at radius 2 is 1.84 bits per heavy atom. The van der Waals surface area contributed by atoms with E-state index in [0.717, 1.165) is 12.8 Å². The zero-order valence-corrected chi connectivity index (χ0v) is 14.8. The van der Waals surface area contributed by atoms with Gasteiger partial charge in [0.05, 0.1) is 5.92 Å². The molecule has 2 N–H and O–H groups in total. The van der Waals surface area contributed by atoms with Gasteiger partial charge in [-0.15, -0.1) is 0 Å². The van der Waals surface area contributed by atoms with Crippen LogP contribution in [0.1, 0.15) is 49.9 Å². The monoisotopic (exact) mass is 346 g/mol. The largest absolute Gasteiger partial charge is 0.481 e. The number of hydrogen-bond acceptors (Lipinski definition) is 3. The summed E-state index contributed by atoms with van der Waals surface area (Å²) in [6.07, 6.45) is 2.89. The molecular formula is C19H26N2O4. The number of piperidine rings is 1. The van der Waals surface area contributed by atoms with Crippen LogP contribution in [0, 0.1) is 11.8 Å². The van der Waals surface area contributed by atoms with Crippen molar-refractivity contribution in [1.82, 2.24) is 4.90 Å². The number of anilines is 1. The number of aliphatic carboxylic acids is 1. The second-order valence-corrected chi connectivity index (χ2v) is 6.51. The van der Waals surface area contributed by atoms with Gasteiger partial charge in [-0.3, -0.25) is 14.4 Å². The lowest BCUT2D eigenvalue weighted by Gasteiger charge is -2.30. The Labute approximate surface area is 148 Å². The van der Waals surface area contributed by atoms with E-state index in [1.807, 2.05) is 13.8 Å². The maximum atomic E-state index is 12.5. The first kappa shape index (κ1) is 19.0. The molecule has 1 aliphatic rings. The van der Waals surface area contributed by atoms with Crippen molar-refractivity contribution in [1.29, 1.82) is 0 Å². The number of carboxylic acids is 1. The molecule has 6 heteroatoms. The van der Waals surface area contributed by atoms with Gasteiger partial charge in [-0.2, -0.15) is 0 Å². The number of amides is 2. The Morgan fingerprint density at radius 3 is 2.40 bits per heavy atom. The molecule has 1 fully saturated rings. The molecule has 0 radical (unpaired) electrons. The molecule has 136 valence electrons. The van der Waals surface area contributed by atoms with Gasteiger partial charge in [-0.05, 0) is 49.9 Å². The number of rotatable bonds is 6. The lowest BCUT2D eigenvalue weighted by Crippen LogP contribution is -2.42. The zero-order valence-electron chi connectivity index (χ0n) is 14.8. The highest BCUT2D eigenvalue weighted by Crippen LogP contribution is 2.20. The SMILES string of the molecule is CCC(CC)C(=O)Nc1ccc(C(=O)N2CCC[C@H](C(=O)O)C2)cc1. The Bertz CT molecular complexity index is 623. The van der Waals surface area contributed by atoms with Crippen molar-refractivity contribution in [3.63, 3.8) is 0 Å². The van der Waals surface area contributed by atoms with Gasteiger partial charge in [0, 0.05) is 30.3 Å². The predicted molar refractivity (Wildman–Crippen MR) is 95.4 cm³/mol. The summed E-state index contributed by atoms with van der Waals surface area (Å²) in [7, 11) is 0. The molecule has 1 aliphatic heterocycles. The first-order valence-electron chi connectivity index (χ1n) is 8.89. The maximum Gasteiger partial charge on any atom is 0.308 e. The van der Waals surface area contributed by atoms with Gasteiger partial charge in [0.15, 0.2) is 0 Å². The van der Waals surface area contributed by atoms with E-state index in [2.05, 4.69) is 5.32 Å². The summed E-state index contributed by atoms with van der Waals surface area (Å²) in [6.45, 7) is 4.80.